The van der Waals surface area contributed by atoms with Crippen LogP contribution >= 0.6 is 0 Å². The maximum absolute atomic E-state index is 5.71. The van der Waals surface area contributed by atoms with Crippen LogP contribution in [-0.4, -0.2) is 60.8 Å². The van der Waals surface area contributed by atoms with Crippen LogP contribution in [0, 0.1) is 6.92 Å². The molecule has 0 spiro atoms. The first-order valence-electron chi connectivity index (χ1n) is 6.81. The molecule has 19 heavy (non-hydrogen) atoms. The first-order chi connectivity index (χ1) is 9.17. The highest BCUT2D eigenvalue weighted by Crippen LogP contribution is 2.12. The Labute approximate surface area is 114 Å². The maximum atomic E-state index is 5.71. The molecule has 6 heteroatoms. The summed E-state index contributed by atoms with van der Waals surface area (Å²) in [5, 5.41) is 6.53. The summed E-state index contributed by atoms with van der Waals surface area (Å²) in [5.41, 5.74) is 0. The van der Waals surface area contributed by atoms with Gasteiger partial charge in [0.1, 0.15) is 17.5 Å². The molecule has 1 aromatic heterocycles. The monoisotopic (exact) mass is 265 g/mol. The van der Waals surface area contributed by atoms with E-state index in [9.17, 15) is 0 Å². The molecular weight excluding hydrogens is 242 g/mol. The van der Waals surface area contributed by atoms with E-state index in [1.807, 2.05) is 13.0 Å². The minimum atomic E-state index is 0.219. The van der Waals surface area contributed by atoms with Gasteiger partial charge >= 0.3 is 0 Å². The van der Waals surface area contributed by atoms with Crippen LogP contribution in [-0.2, 0) is 4.74 Å². The Morgan fingerprint density at radius 3 is 2.79 bits per heavy atom. The molecule has 6 nitrogen and oxygen atoms in total. The predicted molar refractivity (Wildman–Crippen MR) is 76.7 cm³/mol. The van der Waals surface area contributed by atoms with Crippen LogP contribution in [0.3, 0.4) is 0 Å². The number of ether oxygens (including phenoxy) is 1. The molecule has 1 fully saturated rings. The van der Waals surface area contributed by atoms with E-state index in [-0.39, 0.29) is 6.10 Å². The SMILES string of the molecule is CCNc1cc(NCC2CN(C)CCO2)nc(C)n1. The Bertz CT molecular complexity index is 412. The zero-order valence-electron chi connectivity index (χ0n) is 11.9. The van der Waals surface area contributed by atoms with E-state index in [0.717, 1.165) is 50.2 Å². The number of rotatable bonds is 5. The van der Waals surface area contributed by atoms with E-state index in [1.165, 1.54) is 0 Å². The highest BCUT2D eigenvalue weighted by molar-refractivity contribution is 5.47. The lowest BCUT2D eigenvalue weighted by atomic mass is 10.3. The quantitative estimate of drug-likeness (QED) is 0.827. The number of aryl methyl sites for hydroxylation is 1. The maximum Gasteiger partial charge on any atom is 0.131 e. The zero-order chi connectivity index (χ0) is 13.7. The average Bonchev–Trinajstić information content (AvgIpc) is 2.36. The predicted octanol–water partition coefficient (Wildman–Crippen LogP) is 0.959. The lowest BCUT2D eigenvalue weighted by molar-refractivity contribution is -0.0117. The number of nitrogens with one attached hydrogen (secondary N) is 2. The third-order valence-corrected chi connectivity index (χ3v) is 3.05. The van der Waals surface area contributed by atoms with E-state index in [4.69, 9.17) is 4.74 Å². The molecular formula is C13H23N5O. The Hall–Kier alpha value is -1.40. The Morgan fingerprint density at radius 1 is 1.37 bits per heavy atom. The van der Waals surface area contributed by atoms with Gasteiger partial charge in [-0.2, -0.15) is 0 Å². The molecule has 2 N–H and O–H groups in total. The van der Waals surface area contributed by atoms with Crippen molar-refractivity contribution < 1.29 is 4.74 Å². The van der Waals surface area contributed by atoms with E-state index in [1.54, 1.807) is 0 Å². The topological polar surface area (TPSA) is 62.3 Å². The third-order valence-electron chi connectivity index (χ3n) is 3.05. The fourth-order valence-corrected chi connectivity index (χ4v) is 2.14. The summed E-state index contributed by atoms with van der Waals surface area (Å²) < 4.78 is 5.71. The number of anilines is 2. The van der Waals surface area contributed by atoms with Gasteiger partial charge in [0.25, 0.3) is 0 Å². The minimum Gasteiger partial charge on any atom is -0.374 e. The molecule has 1 atom stereocenters. The molecule has 0 aromatic carbocycles. The molecule has 1 aliphatic rings. The second-order valence-electron chi connectivity index (χ2n) is 4.85. The largest absolute Gasteiger partial charge is 0.374 e. The first kappa shape index (κ1) is 14.0. The molecule has 0 radical (unpaired) electrons. The summed E-state index contributed by atoms with van der Waals surface area (Å²) in [6.07, 6.45) is 0.219. The Kier molecular flexibility index (Phi) is 4.93. The van der Waals surface area contributed by atoms with Crippen LogP contribution in [0.15, 0.2) is 6.07 Å². The molecule has 1 unspecified atom stereocenters. The summed E-state index contributed by atoms with van der Waals surface area (Å²) >= 11 is 0. The van der Waals surface area contributed by atoms with E-state index >= 15 is 0 Å². The molecule has 0 aliphatic carbocycles. The summed E-state index contributed by atoms with van der Waals surface area (Å²) in [6, 6.07) is 1.93. The fourth-order valence-electron chi connectivity index (χ4n) is 2.14. The van der Waals surface area contributed by atoms with Gasteiger partial charge < -0.3 is 20.3 Å². The fraction of sp³-hybridized carbons (Fsp3) is 0.692. The molecule has 1 saturated heterocycles. The van der Waals surface area contributed by atoms with Gasteiger partial charge in [0.05, 0.1) is 12.7 Å². The molecule has 1 aliphatic heterocycles. The summed E-state index contributed by atoms with van der Waals surface area (Å²) in [4.78, 5) is 11.0. The van der Waals surface area contributed by atoms with Gasteiger partial charge in [-0.1, -0.05) is 0 Å². The van der Waals surface area contributed by atoms with Crippen LogP contribution in [0.5, 0.6) is 0 Å². The number of nitrogens with zero attached hydrogens (tertiary/aromatic N) is 3. The third kappa shape index (κ3) is 4.33. The zero-order valence-corrected chi connectivity index (χ0v) is 11.9. The van der Waals surface area contributed by atoms with Crippen molar-refractivity contribution in [3.63, 3.8) is 0 Å². The van der Waals surface area contributed by atoms with Crippen molar-refractivity contribution in [3.05, 3.63) is 11.9 Å². The van der Waals surface area contributed by atoms with Crippen LogP contribution in [0.2, 0.25) is 0 Å². The summed E-state index contributed by atoms with van der Waals surface area (Å²) in [6.45, 7) is 8.34. The van der Waals surface area contributed by atoms with E-state index in [2.05, 4.69) is 39.5 Å². The van der Waals surface area contributed by atoms with Gasteiger partial charge in [-0.3, -0.25) is 0 Å². The lowest BCUT2D eigenvalue weighted by Crippen LogP contribution is -2.43. The van der Waals surface area contributed by atoms with Crippen molar-refractivity contribution in [1.29, 1.82) is 0 Å². The average molecular weight is 265 g/mol. The minimum absolute atomic E-state index is 0.219. The van der Waals surface area contributed by atoms with Gasteiger partial charge in [-0.05, 0) is 20.9 Å². The molecule has 0 saturated carbocycles. The normalized spacial score (nSPS) is 20.3. The van der Waals surface area contributed by atoms with Crippen molar-refractivity contribution in [3.8, 4) is 0 Å². The number of hydrogen-bond donors (Lipinski definition) is 2. The number of aromatic nitrogens is 2. The highest BCUT2D eigenvalue weighted by atomic mass is 16.5. The first-order valence-corrected chi connectivity index (χ1v) is 6.81. The van der Waals surface area contributed by atoms with Crippen LogP contribution in [0.4, 0.5) is 11.6 Å². The summed E-state index contributed by atoms with van der Waals surface area (Å²) in [5.74, 6) is 2.47. The standard InChI is InChI=1S/C13H23N5O/c1-4-14-12-7-13(17-10(2)16-12)15-8-11-9-18(3)5-6-19-11/h7,11H,4-6,8-9H2,1-3H3,(H2,14,15,16,17). The highest BCUT2D eigenvalue weighted by Gasteiger charge is 2.17. The van der Waals surface area contributed by atoms with Gasteiger partial charge in [0.2, 0.25) is 0 Å². The van der Waals surface area contributed by atoms with Gasteiger partial charge in [-0.25, -0.2) is 9.97 Å². The van der Waals surface area contributed by atoms with Gasteiger partial charge in [0.15, 0.2) is 0 Å². The Balaban J connectivity index is 1.91. The number of morpholine rings is 1. The molecule has 2 rings (SSSR count). The van der Waals surface area contributed by atoms with Gasteiger partial charge in [-0.15, -0.1) is 0 Å². The van der Waals surface area contributed by atoms with Crippen molar-refractivity contribution >= 4 is 11.6 Å². The molecule has 0 amide bonds. The molecule has 2 heterocycles. The van der Waals surface area contributed by atoms with Crippen LogP contribution in [0.1, 0.15) is 12.7 Å². The van der Waals surface area contributed by atoms with Crippen molar-refractivity contribution in [2.24, 2.45) is 0 Å². The molecule has 106 valence electrons. The van der Waals surface area contributed by atoms with Crippen LogP contribution in [0.25, 0.3) is 0 Å². The van der Waals surface area contributed by atoms with Crippen molar-refractivity contribution in [1.82, 2.24) is 14.9 Å². The van der Waals surface area contributed by atoms with E-state index in [0.29, 0.717) is 0 Å². The summed E-state index contributed by atoms with van der Waals surface area (Å²) in [7, 11) is 2.12. The number of hydrogen-bond acceptors (Lipinski definition) is 6. The second kappa shape index (κ2) is 6.68. The van der Waals surface area contributed by atoms with Crippen molar-refractivity contribution in [2.45, 2.75) is 20.0 Å². The van der Waals surface area contributed by atoms with Gasteiger partial charge in [0, 0.05) is 32.2 Å². The Morgan fingerprint density at radius 2 is 2.11 bits per heavy atom. The van der Waals surface area contributed by atoms with Crippen molar-refractivity contribution in [2.75, 3.05) is 50.5 Å². The van der Waals surface area contributed by atoms with Crippen LogP contribution < -0.4 is 10.6 Å². The van der Waals surface area contributed by atoms with E-state index < -0.39 is 0 Å². The second-order valence-corrected chi connectivity index (χ2v) is 4.85. The smallest absolute Gasteiger partial charge is 0.131 e. The molecule has 0 bridgehead atoms. The number of likely N-dealkylation sites (N-methyl/N-ethyl adjacent to an activating group) is 1. The molecule has 1 aromatic rings. The lowest BCUT2D eigenvalue weighted by Gasteiger charge is -2.30.